The fourth-order valence-corrected chi connectivity index (χ4v) is 3.92. The Bertz CT molecular complexity index is 746. The van der Waals surface area contributed by atoms with Gasteiger partial charge in [0.2, 0.25) is 0 Å². The summed E-state index contributed by atoms with van der Waals surface area (Å²) in [6.07, 6.45) is 1.96. The van der Waals surface area contributed by atoms with E-state index in [0.29, 0.717) is 31.6 Å². The van der Waals surface area contributed by atoms with Gasteiger partial charge < -0.3 is 9.47 Å². The van der Waals surface area contributed by atoms with Gasteiger partial charge in [-0.25, -0.2) is 4.39 Å². The van der Waals surface area contributed by atoms with Crippen molar-refractivity contribution in [3.05, 3.63) is 29.1 Å². The Labute approximate surface area is 146 Å². The second-order valence-electron chi connectivity index (χ2n) is 6.78. The van der Waals surface area contributed by atoms with E-state index in [1.807, 2.05) is 0 Å². The Kier molecular flexibility index (Phi) is 4.91. The van der Waals surface area contributed by atoms with E-state index in [9.17, 15) is 14.0 Å². The molecule has 132 valence electrons. The number of benzene rings is 1. The van der Waals surface area contributed by atoms with Crippen molar-refractivity contribution in [2.75, 3.05) is 20.3 Å². The zero-order valence-electron chi connectivity index (χ0n) is 14.5. The molecule has 1 saturated heterocycles. The number of hydrogen-bond donors (Lipinski definition) is 0. The first-order valence-electron chi connectivity index (χ1n) is 8.43. The molecule has 0 N–H and O–H groups in total. The van der Waals surface area contributed by atoms with E-state index in [0.717, 1.165) is 0 Å². The molecule has 1 aromatic carbocycles. The van der Waals surface area contributed by atoms with Crippen LogP contribution in [-0.2, 0) is 14.3 Å². The van der Waals surface area contributed by atoms with Crippen LogP contribution in [0.3, 0.4) is 0 Å². The van der Waals surface area contributed by atoms with Gasteiger partial charge in [-0.1, -0.05) is 5.92 Å². The molecular formula is C20H21FO4. The van der Waals surface area contributed by atoms with Gasteiger partial charge >= 0.3 is 0 Å². The molecule has 2 fully saturated rings. The molecule has 2 aliphatic rings. The van der Waals surface area contributed by atoms with Gasteiger partial charge in [0.1, 0.15) is 29.1 Å². The van der Waals surface area contributed by atoms with Gasteiger partial charge in [0.05, 0.1) is 7.11 Å². The molecule has 1 saturated carbocycles. The minimum Gasteiger partial charge on any atom is -0.496 e. The number of hydrogen-bond acceptors (Lipinski definition) is 4. The predicted molar refractivity (Wildman–Crippen MR) is 90.0 cm³/mol. The molecule has 3 rings (SSSR count). The highest BCUT2D eigenvalue weighted by Crippen LogP contribution is 2.47. The van der Waals surface area contributed by atoms with E-state index in [1.165, 1.54) is 13.2 Å². The van der Waals surface area contributed by atoms with Crippen molar-refractivity contribution in [3.8, 4) is 17.6 Å². The highest BCUT2D eigenvalue weighted by Gasteiger charge is 2.47. The van der Waals surface area contributed by atoms with E-state index in [1.54, 1.807) is 13.0 Å². The predicted octanol–water partition coefficient (Wildman–Crippen LogP) is 3.02. The summed E-state index contributed by atoms with van der Waals surface area (Å²) < 4.78 is 25.3. The SMILES string of the molecule is CC#Cc1cc(F)c(C2C(=O)CC3(CCOCC3)CC2=O)c(OC)c1. The van der Waals surface area contributed by atoms with Crippen molar-refractivity contribution in [2.45, 2.75) is 38.5 Å². The number of methoxy groups -OCH3 is 1. The van der Waals surface area contributed by atoms with Crippen molar-refractivity contribution in [2.24, 2.45) is 5.41 Å². The van der Waals surface area contributed by atoms with E-state index < -0.39 is 11.7 Å². The third kappa shape index (κ3) is 3.32. The average Bonchev–Trinajstić information content (AvgIpc) is 2.56. The summed E-state index contributed by atoms with van der Waals surface area (Å²) in [6.45, 7) is 2.78. The Balaban J connectivity index is 1.97. The maximum absolute atomic E-state index is 14.7. The zero-order valence-corrected chi connectivity index (χ0v) is 14.5. The molecule has 1 spiro atoms. The molecule has 0 bridgehead atoms. The van der Waals surface area contributed by atoms with Crippen LogP contribution in [0.15, 0.2) is 12.1 Å². The summed E-state index contributed by atoms with van der Waals surface area (Å²) in [5.41, 5.74) is 0.179. The van der Waals surface area contributed by atoms with Gasteiger partial charge in [-0.05, 0) is 37.3 Å². The van der Waals surface area contributed by atoms with Crippen molar-refractivity contribution < 1.29 is 23.5 Å². The molecule has 1 aliphatic carbocycles. The summed E-state index contributed by atoms with van der Waals surface area (Å²) in [5.74, 6) is 3.50. The minimum absolute atomic E-state index is 0.0427. The highest BCUT2D eigenvalue weighted by molar-refractivity contribution is 6.10. The lowest BCUT2D eigenvalue weighted by Crippen LogP contribution is -2.42. The molecule has 1 aromatic rings. The van der Waals surface area contributed by atoms with Crippen molar-refractivity contribution >= 4 is 11.6 Å². The fraction of sp³-hybridized carbons (Fsp3) is 0.500. The third-order valence-electron chi connectivity index (χ3n) is 5.17. The van der Waals surface area contributed by atoms with Gasteiger partial charge in [0.25, 0.3) is 0 Å². The summed E-state index contributed by atoms with van der Waals surface area (Å²) >= 11 is 0. The molecular weight excluding hydrogens is 323 g/mol. The molecule has 1 aliphatic heterocycles. The minimum atomic E-state index is -1.09. The summed E-state index contributed by atoms with van der Waals surface area (Å²) in [5, 5.41) is 0. The van der Waals surface area contributed by atoms with Crippen LogP contribution in [0.5, 0.6) is 5.75 Å². The van der Waals surface area contributed by atoms with Crippen molar-refractivity contribution in [1.29, 1.82) is 0 Å². The topological polar surface area (TPSA) is 52.6 Å². The van der Waals surface area contributed by atoms with Gasteiger partial charge in [0.15, 0.2) is 0 Å². The highest BCUT2D eigenvalue weighted by atomic mass is 19.1. The van der Waals surface area contributed by atoms with E-state index in [-0.39, 0.29) is 41.1 Å². The Hall–Kier alpha value is -2.19. The van der Waals surface area contributed by atoms with Gasteiger partial charge in [-0.2, -0.15) is 0 Å². The van der Waals surface area contributed by atoms with E-state index in [4.69, 9.17) is 9.47 Å². The molecule has 0 radical (unpaired) electrons. The number of ketones is 2. The normalized spacial score (nSPS) is 20.3. The zero-order chi connectivity index (χ0) is 18.0. The van der Waals surface area contributed by atoms with Gasteiger partial charge in [0, 0.05) is 37.2 Å². The second-order valence-corrected chi connectivity index (χ2v) is 6.78. The van der Waals surface area contributed by atoms with Gasteiger partial charge in [-0.15, -0.1) is 5.92 Å². The van der Waals surface area contributed by atoms with Crippen LogP contribution >= 0.6 is 0 Å². The van der Waals surface area contributed by atoms with E-state index >= 15 is 0 Å². The Morgan fingerprint density at radius 2 is 1.84 bits per heavy atom. The quantitative estimate of drug-likeness (QED) is 0.611. The first-order chi connectivity index (χ1) is 12.0. The maximum atomic E-state index is 14.7. The smallest absolute Gasteiger partial charge is 0.148 e. The maximum Gasteiger partial charge on any atom is 0.148 e. The summed E-state index contributed by atoms with van der Waals surface area (Å²) in [4.78, 5) is 25.6. The first-order valence-corrected chi connectivity index (χ1v) is 8.43. The van der Waals surface area contributed by atoms with Gasteiger partial charge in [-0.3, -0.25) is 9.59 Å². The molecule has 0 aromatic heterocycles. The fourth-order valence-electron chi connectivity index (χ4n) is 3.92. The molecule has 0 amide bonds. The van der Waals surface area contributed by atoms with Crippen LogP contribution in [0.1, 0.15) is 49.7 Å². The van der Waals surface area contributed by atoms with Crippen molar-refractivity contribution in [1.82, 2.24) is 0 Å². The molecule has 25 heavy (non-hydrogen) atoms. The van der Waals surface area contributed by atoms with Crippen molar-refractivity contribution in [3.63, 3.8) is 0 Å². The lowest BCUT2D eigenvalue weighted by molar-refractivity contribution is -0.139. The standard InChI is InChI=1S/C20H21FO4/c1-3-4-13-9-14(21)18(17(10-13)24-2)19-15(22)11-20(12-16(19)23)5-7-25-8-6-20/h9-10,19H,5-8,11-12H2,1-2H3. The van der Waals surface area contributed by atoms with Crippen LogP contribution in [0.2, 0.25) is 0 Å². The Morgan fingerprint density at radius 1 is 1.20 bits per heavy atom. The Morgan fingerprint density at radius 3 is 2.40 bits per heavy atom. The summed E-state index contributed by atoms with van der Waals surface area (Å²) in [6, 6.07) is 2.84. The number of rotatable bonds is 2. The number of halogens is 1. The average molecular weight is 344 g/mol. The number of carbonyl (C=O) groups excluding carboxylic acids is 2. The lowest BCUT2D eigenvalue weighted by atomic mass is 9.64. The van der Waals surface area contributed by atoms with E-state index in [2.05, 4.69) is 11.8 Å². The molecule has 1 heterocycles. The number of Topliss-reactive ketones (excluding diaryl/α,β-unsaturated/α-hetero) is 2. The summed E-state index contributed by atoms with van der Waals surface area (Å²) in [7, 11) is 1.40. The first kappa shape index (κ1) is 17.6. The third-order valence-corrected chi connectivity index (χ3v) is 5.17. The molecule has 4 nitrogen and oxygen atoms in total. The largest absolute Gasteiger partial charge is 0.496 e. The van der Waals surface area contributed by atoms with Crippen LogP contribution < -0.4 is 4.74 Å². The number of ether oxygens (including phenoxy) is 2. The number of carbonyl (C=O) groups is 2. The second kappa shape index (κ2) is 6.97. The molecule has 0 unspecified atom stereocenters. The molecule has 0 atom stereocenters. The van der Waals surface area contributed by atoms with Crippen LogP contribution in [-0.4, -0.2) is 31.9 Å². The van der Waals surface area contributed by atoms with Crippen LogP contribution in [0, 0.1) is 23.1 Å². The monoisotopic (exact) mass is 344 g/mol. The lowest BCUT2D eigenvalue weighted by Gasteiger charge is -2.41. The molecule has 5 heteroatoms. The van der Waals surface area contributed by atoms with Crippen LogP contribution in [0.4, 0.5) is 4.39 Å². The van der Waals surface area contributed by atoms with Crippen LogP contribution in [0.25, 0.3) is 0 Å².